The molecule has 5 nitrogen and oxygen atoms in total. The van der Waals surface area contributed by atoms with Gasteiger partial charge in [0, 0.05) is 22.8 Å². The average molecular weight is 509 g/mol. The Morgan fingerprint density at radius 2 is 1.89 bits per heavy atom. The molecule has 1 atom stereocenters. The van der Waals surface area contributed by atoms with Gasteiger partial charge in [0.05, 0.1) is 18.1 Å². The monoisotopic (exact) mass is 508 g/mol. The van der Waals surface area contributed by atoms with E-state index in [1.807, 2.05) is 36.4 Å². The molecule has 2 aromatic carbocycles. The molecule has 7 heteroatoms. The van der Waals surface area contributed by atoms with Crippen LogP contribution in [0.25, 0.3) is 6.08 Å². The minimum atomic E-state index is -0.105. The highest BCUT2D eigenvalue weighted by atomic mass is 35.5. The van der Waals surface area contributed by atoms with Gasteiger partial charge < -0.3 is 10.1 Å². The van der Waals surface area contributed by atoms with Gasteiger partial charge in [-0.3, -0.25) is 0 Å². The van der Waals surface area contributed by atoms with Crippen molar-refractivity contribution in [1.29, 1.82) is 0 Å². The number of fused-ring (bicyclic) bond motifs is 2. The lowest BCUT2D eigenvalue weighted by atomic mass is 9.75. The Hall–Kier alpha value is -2.70. The summed E-state index contributed by atoms with van der Waals surface area (Å²) in [5.74, 6) is 0.834. The summed E-state index contributed by atoms with van der Waals surface area (Å²) in [6, 6.07) is 17.3. The molecule has 0 radical (unpaired) electrons. The highest BCUT2D eigenvalue weighted by Gasteiger charge is 2.57. The zero-order valence-electron chi connectivity index (χ0n) is 19.6. The van der Waals surface area contributed by atoms with Gasteiger partial charge >= 0.3 is 5.91 Å². The lowest BCUT2D eigenvalue weighted by Gasteiger charge is -2.36. The van der Waals surface area contributed by atoms with E-state index in [-0.39, 0.29) is 15.8 Å². The number of piperidine rings is 1. The average Bonchev–Trinajstić information content (AvgIpc) is 3.13. The van der Waals surface area contributed by atoms with Crippen molar-refractivity contribution >= 4 is 40.9 Å². The molecule has 3 heterocycles. The van der Waals surface area contributed by atoms with Gasteiger partial charge in [0.1, 0.15) is 29.7 Å². The molecule has 1 aromatic heterocycles. The molecule has 5 rings (SSSR count). The second kappa shape index (κ2) is 9.75. The highest BCUT2D eigenvalue weighted by molar-refractivity contribution is 6.31. The zero-order chi connectivity index (χ0) is 24.5. The lowest BCUT2D eigenvalue weighted by molar-refractivity contribution is 0.0759. The van der Waals surface area contributed by atoms with E-state index in [4.69, 9.17) is 27.9 Å². The maximum atomic E-state index is 14.3. The molecule has 1 spiro atoms. The molecule has 35 heavy (non-hydrogen) atoms. The van der Waals surface area contributed by atoms with Crippen LogP contribution in [-0.2, 0) is 5.41 Å². The van der Waals surface area contributed by atoms with Crippen LogP contribution in [0.1, 0.15) is 34.3 Å². The first kappa shape index (κ1) is 24.0. The van der Waals surface area contributed by atoms with Crippen LogP contribution in [0, 0.1) is 0 Å². The number of hydrogen-bond acceptors (Lipinski definition) is 4. The Labute approximate surface area is 215 Å². The van der Waals surface area contributed by atoms with Gasteiger partial charge in [-0.25, -0.2) is 14.3 Å². The molecule has 1 amide bonds. The van der Waals surface area contributed by atoms with E-state index in [1.165, 1.54) is 5.56 Å². The summed E-state index contributed by atoms with van der Waals surface area (Å²) in [5, 5.41) is 4.49. The van der Waals surface area contributed by atoms with E-state index in [1.54, 1.807) is 25.4 Å². The minimum Gasteiger partial charge on any atom is -0.497 e. The van der Waals surface area contributed by atoms with Crippen LogP contribution in [0.4, 0.5) is 5.69 Å². The van der Waals surface area contributed by atoms with E-state index >= 15 is 0 Å². The number of methoxy groups -OCH3 is 1. The molecule has 1 N–H and O–H groups in total. The van der Waals surface area contributed by atoms with E-state index in [9.17, 15) is 4.79 Å². The molecule has 2 aliphatic heterocycles. The SMILES string of the molecule is COc1ccc(/C=C/C[N+]2(C(=O)c3ccnc(Cl)c3)CC3(CCNCC3)c3cc(Cl)ccc32)cc1. The van der Waals surface area contributed by atoms with Gasteiger partial charge in [-0.05, 0) is 74.0 Å². The number of carbonyl (C=O) groups is 1. The van der Waals surface area contributed by atoms with Gasteiger partial charge in [0.15, 0.2) is 0 Å². The van der Waals surface area contributed by atoms with E-state index in [0.717, 1.165) is 42.9 Å². The first-order valence-electron chi connectivity index (χ1n) is 11.8. The van der Waals surface area contributed by atoms with Crippen molar-refractivity contribution in [3.8, 4) is 5.75 Å². The lowest BCUT2D eigenvalue weighted by Crippen LogP contribution is -2.57. The topological polar surface area (TPSA) is 51.2 Å². The summed E-state index contributed by atoms with van der Waals surface area (Å²) in [6.45, 7) is 3.05. The molecule has 2 aliphatic rings. The van der Waals surface area contributed by atoms with Crippen molar-refractivity contribution in [1.82, 2.24) is 14.8 Å². The fraction of sp³-hybridized carbons (Fsp3) is 0.286. The van der Waals surface area contributed by atoms with Crippen molar-refractivity contribution < 1.29 is 9.53 Å². The van der Waals surface area contributed by atoms with Crippen LogP contribution in [0.5, 0.6) is 5.75 Å². The smallest absolute Gasteiger partial charge is 0.351 e. The number of rotatable bonds is 5. The Morgan fingerprint density at radius 3 is 2.60 bits per heavy atom. The Kier molecular flexibility index (Phi) is 6.69. The molecule has 1 unspecified atom stereocenters. The number of ether oxygens (including phenoxy) is 1. The molecular formula is C28H28Cl2N3O2+. The van der Waals surface area contributed by atoms with Gasteiger partial charge in [0.25, 0.3) is 0 Å². The van der Waals surface area contributed by atoms with Crippen LogP contribution in [-0.4, -0.2) is 44.2 Å². The number of halogens is 2. The number of quaternary nitrogens is 1. The molecule has 3 aromatic rings. The Bertz CT molecular complexity index is 1270. The van der Waals surface area contributed by atoms with Gasteiger partial charge in [-0.15, -0.1) is 0 Å². The van der Waals surface area contributed by atoms with Crippen molar-refractivity contribution in [2.45, 2.75) is 18.3 Å². The number of nitrogens with one attached hydrogen (secondary N) is 1. The number of nitrogens with zero attached hydrogens (tertiary/aromatic N) is 2. The molecule has 1 fully saturated rings. The summed E-state index contributed by atoms with van der Waals surface area (Å²) in [7, 11) is 1.66. The predicted molar refractivity (Wildman–Crippen MR) is 142 cm³/mol. The van der Waals surface area contributed by atoms with E-state index in [2.05, 4.69) is 28.5 Å². The molecule has 0 bridgehead atoms. The summed E-state index contributed by atoms with van der Waals surface area (Å²) in [5.41, 5.74) is 3.73. The van der Waals surface area contributed by atoms with Gasteiger partial charge in [-0.1, -0.05) is 41.4 Å². The number of amides is 1. The maximum absolute atomic E-state index is 14.3. The quantitative estimate of drug-likeness (QED) is 0.344. The number of benzene rings is 2. The minimum absolute atomic E-state index is 0.0210. The molecule has 1 saturated heterocycles. The third kappa shape index (κ3) is 4.50. The Morgan fingerprint density at radius 1 is 1.11 bits per heavy atom. The highest BCUT2D eigenvalue weighted by Crippen LogP contribution is 2.51. The normalized spacial score (nSPS) is 20.8. The summed E-state index contributed by atoms with van der Waals surface area (Å²) >= 11 is 12.7. The third-order valence-corrected chi connectivity index (χ3v) is 7.77. The van der Waals surface area contributed by atoms with Crippen LogP contribution in [0.2, 0.25) is 10.2 Å². The first-order valence-corrected chi connectivity index (χ1v) is 12.6. The van der Waals surface area contributed by atoms with Crippen molar-refractivity contribution in [3.63, 3.8) is 0 Å². The second-order valence-electron chi connectivity index (χ2n) is 9.35. The summed E-state index contributed by atoms with van der Waals surface area (Å²) < 4.78 is 5.46. The Balaban J connectivity index is 1.60. The number of hydrogen-bond donors (Lipinski definition) is 1. The maximum Gasteiger partial charge on any atom is 0.351 e. The van der Waals surface area contributed by atoms with E-state index in [0.29, 0.717) is 28.8 Å². The van der Waals surface area contributed by atoms with Crippen LogP contribution in [0.15, 0.2) is 66.9 Å². The standard InChI is InChI=1S/C28H28Cl2N3O2/c1-35-23-7-4-20(5-8-23)3-2-16-33(27(34)21-10-13-32-26(30)17-21)19-28(11-14-31-15-12-28)24-18-22(29)6-9-25(24)33/h2-10,13,17-18,31H,11-12,14-16,19H2,1H3/q+1/b3-2+. The van der Waals surface area contributed by atoms with Crippen molar-refractivity contribution in [2.75, 3.05) is 33.3 Å². The first-order chi connectivity index (χ1) is 17.0. The summed E-state index contributed by atoms with van der Waals surface area (Å²) in [4.78, 5) is 18.4. The van der Waals surface area contributed by atoms with Crippen LogP contribution < -0.4 is 14.5 Å². The van der Waals surface area contributed by atoms with Gasteiger partial charge in [0.2, 0.25) is 0 Å². The predicted octanol–water partition coefficient (Wildman–Crippen LogP) is 5.89. The molecule has 0 aliphatic carbocycles. The van der Waals surface area contributed by atoms with Crippen LogP contribution >= 0.6 is 23.2 Å². The molecule has 180 valence electrons. The van der Waals surface area contributed by atoms with Crippen molar-refractivity contribution in [2.24, 2.45) is 0 Å². The zero-order valence-corrected chi connectivity index (χ0v) is 21.1. The molecule has 0 saturated carbocycles. The number of carbonyl (C=O) groups excluding carboxylic acids is 1. The van der Waals surface area contributed by atoms with E-state index < -0.39 is 0 Å². The number of pyridine rings is 1. The second-order valence-corrected chi connectivity index (χ2v) is 10.2. The molecular weight excluding hydrogens is 481 g/mol. The number of aromatic nitrogens is 1. The summed E-state index contributed by atoms with van der Waals surface area (Å²) in [6.07, 6.45) is 7.69. The van der Waals surface area contributed by atoms with Crippen LogP contribution in [0.3, 0.4) is 0 Å². The largest absolute Gasteiger partial charge is 0.497 e. The third-order valence-electron chi connectivity index (χ3n) is 7.33. The fourth-order valence-corrected chi connectivity index (χ4v) is 5.97. The fourth-order valence-electron chi connectivity index (χ4n) is 5.62. The van der Waals surface area contributed by atoms with Gasteiger partial charge in [-0.2, -0.15) is 0 Å². The van der Waals surface area contributed by atoms with Crippen molar-refractivity contribution in [3.05, 3.63) is 93.7 Å².